The molecule has 0 radical (unpaired) electrons. The van der Waals surface area contributed by atoms with Gasteiger partial charge in [0.05, 0.1) is 10.5 Å². The second-order valence-corrected chi connectivity index (χ2v) is 6.86. The lowest BCUT2D eigenvalue weighted by atomic mass is 10.1. The van der Waals surface area contributed by atoms with Gasteiger partial charge in [0, 0.05) is 19.1 Å². The van der Waals surface area contributed by atoms with Crippen LogP contribution in [-0.4, -0.2) is 38.4 Å². The van der Waals surface area contributed by atoms with Crippen molar-refractivity contribution in [3.8, 4) is 6.07 Å². The van der Waals surface area contributed by atoms with E-state index in [0.717, 1.165) is 13.0 Å². The van der Waals surface area contributed by atoms with Crippen molar-refractivity contribution in [2.45, 2.75) is 17.4 Å². The van der Waals surface area contributed by atoms with Crippen molar-refractivity contribution in [2.75, 3.05) is 19.6 Å². The van der Waals surface area contributed by atoms with Crippen LogP contribution in [0, 0.1) is 17.2 Å². The largest absolute Gasteiger partial charge is 0.315 e. The third kappa shape index (κ3) is 1.94. The molecule has 1 aromatic carbocycles. The lowest BCUT2D eigenvalue weighted by Crippen LogP contribution is -2.39. The van der Waals surface area contributed by atoms with Crippen molar-refractivity contribution in [1.82, 2.24) is 9.62 Å². The number of fused-ring (bicyclic) bond motifs is 1. The molecule has 0 spiro atoms. The van der Waals surface area contributed by atoms with Crippen LogP contribution < -0.4 is 5.32 Å². The molecule has 0 unspecified atom stereocenters. The van der Waals surface area contributed by atoms with Crippen LogP contribution in [0.25, 0.3) is 0 Å². The minimum absolute atomic E-state index is 0.0387. The van der Waals surface area contributed by atoms with Gasteiger partial charge in [0.1, 0.15) is 6.07 Å². The summed E-state index contributed by atoms with van der Waals surface area (Å²) >= 11 is 0. The fraction of sp³-hybridized carbons (Fsp3) is 0.462. The predicted octanol–water partition coefficient (Wildman–Crippen LogP) is 0.541. The van der Waals surface area contributed by atoms with Crippen molar-refractivity contribution < 1.29 is 8.42 Å². The highest BCUT2D eigenvalue weighted by Gasteiger charge is 2.44. The first-order valence-electron chi connectivity index (χ1n) is 6.36. The fourth-order valence-corrected chi connectivity index (χ4v) is 4.86. The smallest absolute Gasteiger partial charge is 0.244 e. The van der Waals surface area contributed by atoms with Gasteiger partial charge >= 0.3 is 0 Å². The fourth-order valence-electron chi connectivity index (χ4n) is 3.02. The molecule has 0 bridgehead atoms. The molecule has 0 aromatic heterocycles. The van der Waals surface area contributed by atoms with Crippen molar-refractivity contribution in [2.24, 2.45) is 5.92 Å². The molecule has 2 heterocycles. The molecule has 6 heteroatoms. The quantitative estimate of drug-likeness (QED) is 0.856. The Morgan fingerprint density at radius 2 is 2.11 bits per heavy atom. The lowest BCUT2D eigenvalue weighted by Gasteiger charge is -2.23. The van der Waals surface area contributed by atoms with Gasteiger partial charge in [-0.05, 0) is 31.0 Å². The Labute approximate surface area is 112 Å². The number of hydrogen-bond donors (Lipinski definition) is 1. The molecule has 3 rings (SSSR count). The number of nitrogens with zero attached hydrogens (tertiary/aromatic N) is 2. The Kier molecular flexibility index (Phi) is 3.05. The number of hydrogen-bond acceptors (Lipinski definition) is 4. The van der Waals surface area contributed by atoms with E-state index in [4.69, 9.17) is 5.26 Å². The van der Waals surface area contributed by atoms with Crippen LogP contribution in [0.2, 0.25) is 0 Å². The first kappa shape index (κ1) is 12.6. The first-order chi connectivity index (χ1) is 9.14. The number of benzene rings is 1. The van der Waals surface area contributed by atoms with Crippen LogP contribution >= 0.6 is 0 Å². The van der Waals surface area contributed by atoms with E-state index in [9.17, 15) is 8.42 Å². The molecule has 0 saturated carbocycles. The highest BCUT2D eigenvalue weighted by Crippen LogP contribution is 2.33. The van der Waals surface area contributed by atoms with E-state index in [1.165, 1.54) is 6.07 Å². The third-order valence-corrected chi connectivity index (χ3v) is 5.97. The highest BCUT2D eigenvalue weighted by atomic mass is 32.2. The summed E-state index contributed by atoms with van der Waals surface area (Å²) in [6.07, 6.45) is 0.894. The maximum Gasteiger partial charge on any atom is 0.244 e. The average Bonchev–Trinajstić information content (AvgIpc) is 3.00. The second kappa shape index (κ2) is 4.60. The number of rotatable bonds is 2. The summed E-state index contributed by atoms with van der Waals surface area (Å²) in [5, 5.41) is 12.3. The summed E-state index contributed by atoms with van der Waals surface area (Å²) in [7, 11) is -3.56. The maximum atomic E-state index is 12.7. The van der Waals surface area contributed by atoms with Gasteiger partial charge in [0.2, 0.25) is 10.0 Å². The molecule has 2 aliphatic heterocycles. The van der Waals surface area contributed by atoms with E-state index in [2.05, 4.69) is 5.32 Å². The van der Waals surface area contributed by atoms with Crippen molar-refractivity contribution in [3.05, 3.63) is 29.8 Å². The van der Waals surface area contributed by atoms with Crippen LogP contribution in [0.5, 0.6) is 0 Å². The van der Waals surface area contributed by atoms with Crippen LogP contribution in [0.15, 0.2) is 29.2 Å². The average molecular weight is 277 g/mol. The zero-order valence-electron chi connectivity index (χ0n) is 10.4. The Morgan fingerprint density at radius 3 is 2.89 bits per heavy atom. The molecule has 1 N–H and O–H groups in total. The first-order valence-corrected chi connectivity index (χ1v) is 7.80. The molecule has 2 atom stereocenters. The SMILES string of the molecule is N#Cc1ccccc1S(=O)(=O)N1CC[C@H]2CNC[C@H]21. The Hall–Kier alpha value is -1.42. The normalized spacial score (nSPS) is 27.1. The molecule has 0 aliphatic carbocycles. The van der Waals surface area contributed by atoms with Gasteiger partial charge in [0.25, 0.3) is 0 Å². The van der Waals surface area contributed by atoms with Crippen molar-refractivity contribution in [3.63, 3.8) is 0 Å². The van der Waals surface area contributed by atoms with Crippen LogP contribution in [-0.2, 0) is 10.0 Å². The molecule has 2 fully saturated rings. The molecular formula is C13H15N3O2S. The standard InChI is InChI=1S/C13H15N3O2S/c14-7-10-3-1-2-4-13(10)19(17,18)16-6-5-11-8-15-9-12(11)16/h1-4,11-12,15H,5-6,8-9H2/t11-,12+/m0/s1. The van der Waals surface area contributed by atoms with Crippen LogP contribution in [0.4, 0.5) is 0 Å². The van der Waals surface area contributed by atoms with Crippen LogP contribution in [0.1, 0.15) is 12.0 Å². The molecule has 100 valence electrons. The van der Waals surface area contributed by atoms with E-state index in [1.807, 2.05) is 6.07 Å². The van der Waals surface area contributed by atoms with Gasteiger partial charge in [-0.2, -0.15) is 9.57 Å². The number of nitriles is 1. The third-order valence-electron chi connectivity index (χ3n) is 3.99. The zero-order chi connectivity index (χ0) is 13.5. The minimum Gasteiger partial charge on any atom is -0.315 e. The molecule has 1 aromatic rings. The van der Waals surface area contributed by atoms with E-state index < -0.39 is 10.0 Å². The topological polar surface area (TPSA) is 73.2 Å². The Balaban J connectivity index is 2.02. The van der Waals surface area contributed by atoms with Gasteiger partial charge in [-0.1, -0.05) is 12.1 Å². The van der Waals surface area contributed by atoms with Gasteiger partial charge < -0.3 is 5.32 Å². The predicted molar refractivity (Wildman–Crippen MR) is 69.8 cm³/mol. The van der Waals surface area contributed by atoms with Crippen molar-refractivity contribution in [1.29, 1.82) is 5.26 Å². The summed E-state index contributed by atoms with van der Waals surface area (Å²) in [5.74, 6) is 0.407. The Bertz CT molecular complexity index is 636. The van der Waals surface area contributed by atoms with Crippen LogP contribution in [0.3, 0.4) is 0 Å². The molecule has 5 nitrogen and oxygen atoms in total. The van der Waals surface area contributed by atoms with E-state index in [-0.39, 0.29) is 16.5 Å². The van der Waals surface area contributed by atoms with E-state index in [0.29, 0.717) is 19.0 Å². The maximum absolute atomic E-state index is 12.7. The molecular weight excluding hydrogens is 262 g/mol. The molecule has 2 aliphatic rings. The molecule has 0 amide bonds. The minimum atomic E-state index is -3.56. The second-order valence-electron chi connectivity index (χ2n) is 5.00. The number of sulfonamides is 1. The summed E-state index contributed by atoms with van der Waals surface area (Å²) in [6, 6.07) is 8.41. The van der Waals surface area contributed by atoms with Gasteiger partial charge in [-0.15, -0.1) is 0 Å². The van der Waals surface area contributed by atoms with Gasteiger partial charge in [0.15, 0.2) is 0 Å². The summed E-state index contributed by atoms with van der Waals surface area (Å²) < 4.78 is 27.0. The lowest BCUT2D eigenvalue weighted by molar-refractivity contribution is 0.382. The number of nitrogens with one attached hydrogen (secondary N) is 1. The van der Waals surface area contributed by atoms with E-state index >= 15 is 0 Å². The Morgan fingerprint density at radius 1 is 1.32 bits per heavy atom. The molecule has 19 heavy (non-hydrogen) atoms. The highest BCUT2D eigenvalue weighted by molar-refractivity contribution is 7.89. The monoisotopic (exact) mass is 277 g/mol. The van der Waals surface area contributed by atoms with Gasteiger partial charge in [-0.25, -0.2) is 8.42 Å². The molecule has 2 saturated heterocycles. The summed E-state index contributed by atoms with van der Waals surface area (Å²) in [4.78, 5) is 0.130. The summed E-state index contributed by atoms with van der Waals surface area (Å²) in [6.45, 7) is 2.15. The van der Waals surface area contributed by atoms with Crippen molar-refractivity contribution >= 4 is 10.0 Å². The zero-order valence-corrected chi connectivity index (χ0v) is 11.2. The summed E-state index contributed by atoms with van der Waals surface area (Å²) in [5.41, 5.74) is 0.219. The van der Waals surface area contributed by atoms with E-state index in [1.54, 1.807) is 22.5 Å². The van der Waals surface area contributed by atoms with Gasteiger partial charge in [-0.3, -0.25) is 0 Å².